The van der Waals surface area contributed by atoms with Crippen molar-refractivity contribution >= 4 is 5.91 Å². The highest BCUT2D eigenvalue weighted by atomic mass is 16.1. The van der Waals surface area contributed by atoms with Gasteiger partial charge in [-0.2, -0.15) is 0 Å². The summed E-state index contributed by atoms with van der Waals surface area (Å²) in [4.78, 5) is 12.4. The summed E-state index contributed by atoms with van der Waals surface area (Å²) in [5, 5.41) is 14.6. The van der Waals surface area contributed by atoms with Gasteiger partial charge in [0.1, 0.15) is 0 Å². The molecule has 6 nitrogen and oxygen atoms in total. The van der Waals surface area contributed by atoms with Crippen molar-refractivity contribution in [3.05, 3.63) is 41.7 Å². The van der Waals surface area contributed by atoms with E-state index >= 15 is 0 Å². The molecule has 0 spiro atoms. The minimum absolute atomic E-state index is 0.00630. The highest BCUT2D eigenvalue weighted by molar-refractivity contribution is 5.82. The largest absolute Gasteiger partial charge is 0.351 e. The van der Waals surface area contributed by atoms with Crippen molar-refractivity contribution in [1.29, 1.82) is 0 Å². The number of hydrogen-bond acceptors (Lipinski definition) is 4. The lowest BCUT2D eigenvalue weighted by Gasteiger charge is -2.13. The van der Waals surface area contributed by atoms with Crippen LogP contribution in [0, 0.1) is 0 Å². The molecule has 1 aromatic heterocycles. The lowest BCUT2D eigenvalue weighted by molar-refractivity contribution is -0.123. The predicted octanol–water partition coefficient (Wildman–Crippen LogP) is 1.26. The number of benzene rings is 1. The summed E-state index contributed by atoms with van der Waals surface area (Å²) in [6.07, 6.45) is 2.83. The van der Waals surface area contributed by atoms with E-state index in [1.807, 2.05) is 30.3 Å². The number of tetrazole rings is 1. The van der Waals surface area contributed by atoms with E-state index in [0.29, 0.717) is 12.4 Å². The average Bonchev–Trinajstić information content (AvgIpc) is 2.85. The SMILES string of the molecule is O=C(NCc1ccccc1)[C@H]1CCCCn2nnnc21. The molecule has 0 saturated carbocycles. The van der Waals surface area contributed by atoms with Crippen molar-refractivity contribution in [1.82, 2.24) is 25.5 Å². The van der Waals surface area contributed by atoms with Gasteiger partial charge in [0.2, 0.25) is 5.91 Å². The lowest BCUT2D eigenvalue weighted by atomic mass is 10.0. The monoisotopic (exact) mass is 271 g/mol. The third-order valence-corrected chi connectivity index (χ3v) is 3.61. The van der Waals surface area contributed by atoms with Crippen LogP contribution in [0.2, 0.25) is 0 Å². The first-order valence-corrected chi connectivity index (χ1v) is 6.92. The van der Waals surface area contributed by atoms with Gasteiger partial charge in [-0.15, -0.1) is 5.10 Å². The molecule has 1 amide bonds. The molecule has 0 aliphatic carbocycles. The van der Waals surface area contributed by atoms with Gasteiger partial charge < -0.3 is 5.32 Å². The normalized spacial score (nSPS) is 18.1. The molecule has 2 aromatic rings. The molecule has 2 heterocycles. The Bertz CT molecular complexity index is 580. The Kier molecular flexibility index (Phi) is 3.71. The second-order valence-corrected chi connectivity index (χ2v) is 5.01. The molecular formula is C14H17N5O. The summed E-state index contributed by atoms with van der Waals surface area (Å²) in [5.41, 5.74) is 1.09. The van der Waals surface area contributed by atoms with E-state index in [1.165, 1.54) is 0 Å². The van der Waals surface area contributed by atoms with Crippen LogP contribution in [-0.2, 0) is 17.9 Å². The Hall–Kier alpha value is -2.24. The second-order valence-electron chi connectivity index (χ2n) is 5.01. The number of hydrogen-bond donors (Lipinski definition) is 1. The highest BCUT2D eigenvalue weighted by Crippen LogP contribution is 2.23. The fraction of sp³-hybridized carbons (Fsp3) is 0.429. The van der Waals surface area contributed by atoms with Crippen LogP contribution in [0.3, 0.4) is 0 Å². The van der Waals surface area contributed by atoms with Gasteiger partial charge in [0, 0.05) is 13.1 Å². The molecule has 1 aliphatic heterocycles. The maximum atomic E-state index is 12.4. The zero-order valence-electron chi connectivity index (χ0n) is 11.2. The van der Waals surface area contributed by atoms with Gasteiger partial charge in [-0.05, 0) is 28.8 Å². The van der Waals surface area contributed by atoms with Crippen molar-refractivity contribution < 1.29 is 4.79 Å². The first kappa shape index (κ1) is 12.8. The second kappa shape index (κ2) is 5.81. The minimum atomic E-state index is -0.240. The number of carbonyl (C=O) groups excluding carboxylic acids is 1. The van der Waals surface area contributed by atoms with Crippen LogP contribution in [0.1, 0.15) is 36.6 Å². The zero-order valence-corrected chi connectivity index (χ0v) is 11.2. The molecule has 6 heteroatoms. The van der Waals surface area contributed by atoms with Gasteiger partial charge in [0.15, 0.2) is 5.82 Å². The molecule has 0 unspecified atom stereocenters. The molecule has 0 radical (unpaired) electrons. The van der Waals surface area contributed by atoms with E-state index in [0.717, 1.165) is 31.4 Å². The molecule has 3 rings (SSSR count). The average molecular weight is 271 g/mol. The molecule has 1 aromatic carbocycles. The van der Waals surface area contributed by atoms with Crippen molar-refractivity contribution in [2.75, 3.05) is 0 Å². The van der Waals surface area contributed by atoms with Gasteiger partial charge in [0.25, 0.3) is 0 Å². The number of fused-ring (bicyclic) bond motifs is 1. The first-order valence-electron chi connectivity index (χ1n) is 6.92. The number of aromatic nitrogens is 4. The number of carbonyl (C=O) groups is 1. The van der Waals surface area contributed by atoms with E-state index < -0.39 is 0 Å². The number of amides is 1. The molecule has 1 N–H and O–H groups in total. The summed E-state index contributed by atoms with van der Waals surface area (Å²) in [6, 6.07) is 9.89. The Morgan fingerprint density at radius 2 is 2.15 bits per heavy atom. The van der Waals surface area contributed by atoms with Crippen LogP contribution in [0.4, 0.5) is 0 Å². The highest BCUT2D eigenvalue weighted by Gasteiger charge is 2.28. The molecule has 20 heavy (non-hydrogen) atoms. The summed E-state index contributed by atoms with van der Waals surface area (Å²) in [5.74, 6) is 0.455. The topological polar surface area (TPSA) is 72.7 Å². The third kappa shape index (κ3) is 2.68. The molecule has 0 saturated heterocycles. The molecule has 0 fully saturated rings. The molecule has 1 atom stereocenters. The third-order valence-electron chi connectivity index (χ3n) is 3.61. The Morgan fingerprint density at radius 1 is 1.30 bits per heavy atom. The quantitative estimate of drug-likeness (QED) is 0.912. The Morgan fingerprint density at radius 3 is 3.00 bits per heavy atom. The molecule has 0 bridgehead atoms. The van der Waals surface area contributed by atoms with Crippen molar-refractivity contribution in [2.45, 2.75) is 38.3 Å². The molecule has 104 valence electrons. The van der Waals surface area contributed by atoms with Gasteiger partial charge in [-0.1, -0.05) is 36.8 Å². The van der Waals surface area contributed by atoms with Gasteiger partial charge in [-0.3, -0.25) is 4.79 Å². The van der Waals surface area contributed by atoms with Gasteiger partial charge in [-0.25, -0.2) is 4.68 Å². The zero-order chi connectivity index (χ0) is 13.8. The van der Waals surface area contributed by atoms with Crippen LogP contribution < -0.4 is 5.32 Å². The van der Waals surface area contributed by atoms with E-state index in [-0.39, 0.29) is 11.8 Å². The van der Waals surface area contributed by atoms with Crippen LogP contribution in [0.25, 0.3) is 0 Å². The van der Waals surface area contributed by atoms with E-state index in [2.05, 4.69) is 20.8 Å². The summed E-state index contributed by atoms with van der Waals surface area (Å²) in [7, 11) is 0. The smallest absolute Gasteiger partial charge is 0.231 e. The lowest BCUT2D eigenvalue weighted by Crippen LogP contribution is -2.30. The Balaban J connectivity index is 1.68. The van der Waals surface area contributed by atoms with E-state index in [4.69, 9.17) is 0 Å². The molecular weight excluding hydrogens is 254 g/mol. The predicted molar refractivity (Wildman–Crippen MR) is 72.7 cm³/mol. The summed E-state index contributed by atoms with van der Waals surface area (Å²) >= 11 is 0. The summed E-state index contributed by atoms with van der Waals surface area (Å²) < 4.78 is 1.75. The number of aryl methyl sites for hydroxylation is 1. The maximum absolute atomic E-state index is 12.4. The van der Waals surface area contributed by atoms with Gasteiger partial charge in [0.05, 0.1) is 5.92 Å². The fourth-order valence-corrected chi connectivity index (χ4v) is 2.52. The Labute approximate surface area is 117 Å². The van der Waals surface area contributed by atoms with Crippen molar-refractivity contribution in [2.24, 2.45) is 0 Å². The van der Waals surface area contributed by atoms with Crippen molar-refractivity contribution in [3.63, 3.8) is 0 Å². The maximum Gasteiger partial charge on any atom is 0.231 e. The summed E-state index contributed by atoms with van der Waals surface area (Å²) in [6.45, 7) is 1.34. The number of nitrogens with zero attached hydrogens (tertiary/aromatic N) is 4. The fourth-order valence-electron chi connectivity index (χ4n) is 2.52. The molecule has 1 aliphatic rings. The van der Waals surface area contributed by atoms with Crippen LogP contribution in [0.15, 0.2) is 30.3 Å². The van der Waals surface area contributed by atoms with E-state index in [1.54, 1.807) is 4.68 Å². The van der Waals surface area contributed by atoms with E-state index in [9.17, 15) is 4.79 Å². The van der Waals surface area contributed by atoms with Crippen LogP contribution >= 0.6 is 0 Å². The van der Waals surface area contributed by atoms with Gasteiger partial charge >= 0.3 is 0 Å². The standard InChI is InChI=1S/C14H17N5O/c20-14(15-10-11-6-2-1-3-7-11)12-8-4-5-9-19-13(12)16-17-18-19/h1-3,6-7,12H,4-5,8-10H2,(H,15,20)/t12-/m0/s1. The number of nitrogens with one attached hydrogen (secondary N) is 1. The first-order chi connectivity index (χ1) is 9.84. The minimum Gasteiger partial charge on any atom is -0.351 e. The van der Waals surface area contributed by atoms with Crippen molar-refractivity contribution in [3.8, 4) is 0 Å². The van der Waals surface area contributed by atoms with Crippen LogP contribution in [0.5, 0.6) is 0 Å². The number of rotatable bonds is 3. The van der Waals surface area contributed by atoms with Crippen LogP contribution in [-0.4, -0.2) is 26.1 Å².